The van der Waals surface area contributed by atoms with E-state index < -0.39 is 0 Å². The monoisotopic (exact) mass is 337 g/mol. The second-order valence-electron chi connectivity index (χ2n) is 7.19. The van der Waals surface area contributed by atoms with E-state index in [1.807, 2.05) is 32.5 Å². The number of carbonyl (C=O) groups excluding carboxylic acids is 1. The molecule has 128 valence electrons. The summed E-state index contributed by atoms with van der Waals surface area (Å²) in [4.78, 5) is 32.0. The van der Waals surface area contributed by atoms with E-state index in [1.54, 1.807) is 6.92 Å². The van der Waals surface area contributed by atoms with Crippen molar-refractivity contribution in [1.29, 1.82) is 0 Å². The molecule has 0 aliphatic heterocycles. The smallest absolute Gasteiger partial charge is 0.264 e. The van der Waals surface area contributed by atoms with Crippen LogP contribution in [0.1, 0.15) is 68.8 Å². The summed E-state index contributed by atoms with van der Waals surface area (Å²) in [6.07, 6.45) is 3.09. The minimum atomic E-state index is -0.350. The Morgan fingerprint density at radius 2 is 2.09 bits per heavy atom. The van der Waals surface area contributed by atoms with Crippen LogP contribution < -0.4 is 10.9 Å². The van der Waals surface area contributed by atoms with Gasteiger partial charge in [-0.25, -0.2) is 4.98 Å². The number of aromatic amines is 1. The Kier molecular flexibility index (Phi) is 5.55. The topological polar surface area (TPSA) is 74.8 Å². The van der Waals surface area contributed by atoms with Gasteiger partial charge in [0, 0.05) is 16.7 Å². The Morgan fingerprint density at radius 3 is 2.65 bits per heavy atom. The second kappa shape index (κ2) is 7.07. The predicted molar refractivity (Wildman–Crippen MR) is 95.3 cm³/mol. The van der Waals surface area contributed by atoms with E-state index in [0.29, 0.717) is 16.8 Å². The highest BCUT2D eigenvalue weighted by molar-refractivity contribution is 7.99. The lowest BCUT2D eigenvalue weighted by Gasteiger charge is -2.19. The van der Waals surface area contributed by atoms with Gasteiger partial charge in [-0.05, 0) is 31.9 Å². The van der Waals surface area contributed by atoms with E-state index in [1.165, 1.54) is 0 Å². The van der Waals surface area contributed by atoms with E-state index in [4.69, 9.17) is 0 Å². The maximum Gasteiger partial charge on any atom is 0.264 e. The van der Waals surface area contributed by atoms with Gasteiger partial charge in [-0.1, -0.05) is 27.7 Å². The fourth-order valence-electron chi connectivity index (χ4n) is 2.92. The minimum absolute atomic E-state index is 0.143. The molecule has 0 unspecified atom stereocenters. The summed E-state index contributed by atoms with van der Waals surface area (Å²) in [5, 5.41) is 3.63. The van der Waals surface area contributed by atoms with E-state index in [-0.39, 0.29) is 28.5 Å². The van der Waals surface area contributed by atoms with Gasteiger partial charge >= 0.3 is 0 Å². The SMILES string of the molecule is CCS[C@@H]1CC[C@H](NC(=O)c2c(C)nc(C(C)(C)C)[nH]c2=O)C1. The van der Waals surface area contributed by atoms with Crippen molar-refractivity contribution in [3.63, 3.8) is 0 Å². The molecule has 0 aromatic carbocycles. The molecule has 1 aromatic rings. The maximum absolute atomic E-state index is 12.5. The quantitative estimate of drug-likeness (QED) is 0.886. The standard InChI is InChI=1S/C17H27N3O2S/c1-6-23-12-8-7-11(9-12)19-14(21)13-10(2)18-16(17(3,4)5)20-15(13)22/h11-12H,6-9H2,1-5H3,(H,19,21)(H,18,20,22)/t11-,12+/m0/s1. The Balaban J connectivity index is 2.13. The largest absolute Gasteiger partial charge is 0.349 e. The molecular weight excluding hydrogens is 310 g/mol. The van der Waals surface area contributed by atoms with Gasteiger partial charge in [-0.2, -0.15) is 11.8 Å². The Hall–Kier alpha value is -1.30. The number of nitrogens with zero attached hydrogens (tertiary/aromatic N) is 1. The van der Waals surface area contributed by atoms with Gasteiger partial charge in [0.15, 0.2) is 0 Å². The van der Waals surface area contributed by atoms with Crippen molar-refractivity contribution >= 4 is 17.7 Å². The molecule has 2 N–H and O–H groups in total. The molecule has 1 aromatic heterocycles. The molecule has 1 fully saturated rings. The van der Waals surface area contributed by atoms with E-state index in [2.05, 4.69) is 22.2 Å². The number of hydrogen-bond donors (Lipinski definition) is 2. The normalized spacial score (nSPS) is 21.4. The highest BCUT2D eigenvalue weighted by Gasteiger charge is 2.28. The third-order valence-corrected chi connectivity index (χ3v) is 5.39. The number of thioether (sulfide) groups is 1. The number of nitrogens with one attached hydrogen (secondary N) is 2. The Bertz CT molecular complexity index is 634. The molecule has 1 aliphatic rings. The number of rotatable bonds is 4. The van der Waals surface area contributed by atoms with E-state index >= 15 is 0 Å². The number of H-pyrrole nitrogens is 1. The number of aryl methyl sites for hydroxylation is 1. The second-order valence-corrected chi connectivity index (χ2v) is 8.76. The lowest BCUT2D eigenvalue weighted by molar-refractivity contribution is 0.0935. The Morgan fingerprint density at radius 1 is 1.39 bits per heavy atom. The van der Waals surface area contributed by atoms with Crippen LogP contribution in [0.3, 0.4) is 0 Å². The fourth-order valence-corrected chi connectivity index (χ4v) is 4.07. The van der Waals surface area contributed by atoms with E-state index in [0.717, 1.165) is 25.0 Å². The number of carbonyl (C=O) groups is 1. The molecule has 5 nitrogen and oxygen atoms in total. The van der Waals surface area contributed by atoms with Crippen LogP contribution >= 0.6 is 11.8 Å². The molecule has 1 saturated carbocycles. The molecule has 0 bridgehead atoms. The molecule has 2 atom stereocenters. The van der Waals surface area contributed by atoms with Gasteiger partial charge in [0.1, 0.15) is 11.4 Å². The first-order valence-corrected chi connectivity index (χ1v) is 9.31. The summed E-state index contributed by atoms with van der Waals surface area (Å²) in [6, 6.07) is 0.160. The fraction of sp³-hybridized carbons (Fsp3) is 0.706. The minimum Gasteiger partial charge on any atom is -0.349 e. The van der Waals surface area contributed by atoms with Gasteiger partial charge in [-0.15, -0.1) is 0 Å². The summed E-state index contributed by atoms with van der Waals surface area (Å²) in [6.45, 7) is 9.82. The van der Waals surface area contributed by atoms with Crippen LogP contribution in [0, 0.1) is 6.92 Å². The van der Waals surface area contributed by atoms with Crippen molar-refractivity contribution in [2.24, 2.45) is 0 Å². The Labute approximate surface area is 142 Å². The first-order valence-electron chi connectivity index (χ1n) is 8.26. The van der Waals surface area contributed by atoms with Crippen molar-refractivity contribution < 1.29 is 4.79 Å². The molecular formula is C17H27N3O2S. The zero-order valence-corrected chi connectivity index (χ0v) is 15.5. The first kappa shape index (κ1) is 18.0. The van der Waals surface area contributed by atoms with Crippen LogP contribution in [0.4, 0.5) is 0 Å². The van der Waals surface area contributed by atoms with Crippen molar-refractivity contribution in [2.75, 3.05) is 5.75 Å². The number of amides is 1. The third-order valence-electron chi connectivity index (χ3n) is 4.16. The average molecular weight is 337 g/mol. The van der Waals surface area contributed by atoms with Crippen LogP contribution in [-0.4, -0.2) is 32.9 Å². The van der Waals surface area contributed by atoms with Crippen LogP contribution in [0.2, 0.25) is 0 Å². The molecule has 1 amide bonds. The third kappa shape index (κ3) is 4.37. The number of hydrogen-bond acceptors (Lipinski definition) is 4. The molecule has 0 saturated heterocycles. The van der Waals surface area contributed by atoms with Crippen LogP contribution in [0.15, 0.2) is 4.79 Å². The summed E-state index contributed by atoms with van der Waals surface area (Å²) >= 11 is 1.94. The predicted octanol–water partition coefficient (Wildman–Crippen LogP) is 2.78. The van der Waals surface area contributed by atoms with Crippen molar-refractivity contribution in [1.82, 2.24) is 15.3 Å². The molecule has 0 spiro atoms. The lowest BCUT2D eigenvalue weighted by Crippen LogP contribution is -2.38. The summed E-state index contributed by atoms with van der Waals surface area (Å²) in [7, 11) is 0. The van der Waals surface area contributed by atoms with Gasteiger partial charge < -0.3 is 10.3 Å². The van der Waals surface area contributed by atoms with Crippen LogP contribution in [0.25, 0.3) is 0 Å². The summed E-state index contributed by atoms with van der Waals surface area (Å²) in [5.74, 6) is 1.41. The zero-order valence-electron chi connectivity index (χ0n) is 14.7. The first-order chi connectivity index (χ1) is 10.7. The average Bonchev–Trinajstić information content (AvgIpc) is 2.84. The van der Waals surface area contributed by atoms with E-state index in [9.17, 15) is 9.59 Å². The summed E-state index contributed by atoms with van der Waals surface area (Å²) in [5.41, 5.74) is 0.0327. The van der Waals surface area contributed by atoms with Gasteiger partial charge in [0.25, 0.3) is 11.5 Å². The highest BCUT2D eigenvalue weighted by atomic mass is 32.2. The van der Waals surface area contributed by atoms with Crippen molar-refractivity contribution in [3.8, 4) is 0 Å². The maximum atomic E-state index is 12.5. The van der Waals surface area contributed by atoms with Crippen LogP contribution in [0.5, 0.6) is 0 Å². The van der Waals surface area contributed by atoms with Gasteiger partial charge in [0.05, 0.1) is 5.69 Å². The molecule has 6 heteroatoms. The summed E-state index contributed by atoms with van der Waals surface area (Å²) < 4.78 is 0. The van der Waals surface area contributed by atoms with Gasteiger partial charge in [-0.3, -0.25) is 9.59 Å². The van der Waals surface area contributed by atoms with Crippen molar-refractivity contribution in [2.45, 2.75) is 70.6 Å². The highest BCUT2D eigenvalue weighted by Crippen LogP contribution is 2.29. The molecule has 2 rings (SSSR count). The molecule has 23 heavy (non-hydrogen) atoms. The lowest BCUT2D eigenvalue weighted by atomic mass is 9.95. The van der Waals surface area contributed by atoms with Crippen LogP contribution in [-0.2, 0) is 5.41 Å². The molecule has 1 heterocycles. The molecule has 0 radical (unpaired) electrons. The number of aromatic nitrogens is 2. The molecule has 1 aliphatic carbocycles. The van der Waals surface area contributed by atoms with Crippen molar-refractivity contribution in [3.05, 3.63) is 27.4 Å². The van der Waals surface area contributed by atoms with Gasteiger partial charge in [0.2, 0.25) is 0 Å². The zero-order chi connectivity index (χ0) is 17.2.